The summed E-state index contributed by atoms with van der Waals surface area (Å²) < 4.78 is 10.9. The van der Waals surface area contributed by atoms with E-state index >= 15 is 0 Å². The molecule has 17 nitrogen and oxygen atoms in total. The van der Waals surface area contributed by atoms with Crippen molar-refractivity contribution in [3.05, 3.63) is 29.8 Å². The quantitative estimate of drug-likeness (QED) is 0.0408. The number of carboxylic acid groups (broad SMARTS) is 2. The molecule has 52 heavy (non-hydrogen) atoms. The second kappa shape index (κ2) is 23.2. The van der Waals surface area contributed by atoms with E-state index in [0.29, 0.717) is 43.6 Å². The molecule has 0 spiro atoms. The number of ketones is 2. The summed E-state index contributed by atoms with van der Waals surface area (Å²) in [6.07, 6.45) is 1.12. The lowest BCUT2D eigenvalue weighted by Crippen LogP contribution is -2.56. The van der Waals surface area contributed by atoms with Gasteiger partial charge in [0.2, 0.25) is 11.8 Å². The number of hydrogen-bond donors (Lipinski definition) is 8. The van der Waals surface area contributed by atoms with Crippen molar-refractivity contribution in [2.24, 2.45) is 11.1 Å². The van der Waals surface area contributed by atoms with E-state index < -0.39 is 46.8 Å². The van der Waals surface area contributed by atoms with Crippen LogP contribution in [0.25, 0.3) is 0 Å². The third kappa shape index (κ3) is 18.7. The van der Waals surface area contributed by atoms with Crippen LogP contribution in [0.3, 0.4) is 0 Å². The number of rotatable bonds is 29. The number of nitrogen functional groups attached to an aromatic ring is 1. The summed E-state index contributed by atoms with van der Waals surface area (Å²) in [5, 5.41) is 29.4. The number of benzene rings is 1. The normalized spacial score (nSPS) is 12.8. The lowest BCUT2D eigenvalue weighted by molar-refractivity contribution is -0.144. The maximum atomic E-state index is 12.8. The van der Waals surface area contributed by atoms with Gasteiger partial charge in [0.15, 0.2) is 5.78 Å². The van der Waals surface area contributed by atoms with Crippen LogP contribution in [0.15, 0.2) is 24.3 Å². The van der Waals surface area contributed by atoms with Gasteiger partial charge in [-0.1, -0.05) is 13.8 Å². The van der Waals surface area contributed by atoms with E-state index in [2.05, 4.69) is 21.3 Å². The van der Waals surface area contributed by atoms with E-state index in [9.17, 15) is 38.7 Å². The Morgan fingerprint density at radius 3 is 2.10 bits per heavy atom. The van der Waals surface area contributed by atoms with Crippen LogP contribution in [0, 0.1) is 5.41 Å². The van der Waals surface area contributed by atoms with Crippen LogP contribution in [-0.2, 0) is 38.2 Å². The molecule has 292 valence electrons. The van der Waals surface area contributed by atoms with E-state index in [1.807, 2.05) is 0 Å². The van der Waals surface area contributed by atoms with Crippen molar-refractivity contribution in [2.75, 3.05) is 51.8 Å². The van der Waals surface area contributed by atoms with Gasteiger partial charge in [-0.05, 0) is 70.2 Å². The highest BCUT2D eigenvalue weighted by Crippen LogP contribution is 2.23. The van der Waals surface area contributed by atoms with Gasteiger partial charge in [-0.2, -0.15) is 0 Å². The van der Waals surface area contributed by atoms with Crippen LogP contribution < -0.4 is 32.7 Å². The Morgan fingerprint density at radius 2 is 1.48 bits per heavy atom. The predicted molar refractivity (Wildman–Crippen MR) is 191 cm³/mol. The van der Waals surface area contributed by atoms with E-state index in [-0.39, 0.29) is 76.1 Å². The van der Waals surface area contributed by atoms with Gasteiger partial charge in [0, 0.05) is 42.6 Å². The number of amides is 3. The minimum atomic E-state index is -1.29. The molecule has 1 rings (SSSR count). The fourth-order valence-electron chi connectivity index (χ4n) is 4.69. The molecule has 10 N–H and O–H groups in total. The van der Waals surface area contributed by atoms with Crippen LogP contribution in [0.5, 0.6) is 0 Å². The highest BCUT2D eigenvalue weighted by Gasteiger charge is 2.33. The molecule has 17 heteroatoms. The first kappa shape index (κ1) is 45.6. The van der Waals surface area contributed by atoms with Gasteiger partial charge in [0.1, 0.15) is 18.4 Å². The number of ether oxygens (including phenoxy) is 2. The standard InChI is InChI=1S/C35H56N6O11/c1-34(2,15-14-29(44)45)33(50)40-27(32(48)49)13-12-25(42)21-38-17-18-51-19-20-52-22-28(43)35(3,4)41-26(30(37)46)7-5-6-16-39-31(47)23-8-10-24(36)11-9-23/h8-11,26-27,38,41H,5-7,12-22,36H2,1-4H3,(H2,37,46)(H,39,47)(H,40,50)(H,44,45)(H,48,49)/t26-,27-/m0/s1. The van der Waals surface area contributed by atoms with Gasteiger partial charge >= 0.3 is 11.9 Å². The zero-order valence-electron chi connectivity index (χ0n) is 30.6. The number of carbonyl (C=O) groups excluding carboxylic acids is 5. The van der Waals surface area contributed by atoms with Crippen molar-refractivity contribution in [2.45, 2.75) is 90.3 Å². The van der Waals surface area contributed by atoms with Gasteiger partial charge in [-0.25, -0.2) is 4.79 Å². The first-order chi connectivity index (χ1) is 24.4. The van der Waals surface area contributed by atoms with Crippen LogP contribution in [-0.4, -0.2) is 115 Å². The predicted octanol–water partition coefficient (Wildman–Crippen LogP) is 0.393. The van der Waals surface area contributed by atoms with E-state index in [4.69, 9.17) is 26.0 Å². The molecule has 0 radical (unpaired) electrons. The van der Waals surface area contributed by atoms with Gasteiger partial charge in [-0.3, -0.25) is 34.1 Å². The minimum absolute atomic E-state index is 0.0319. The first-order valence-electron chi connectivity index (χ1n) is 17.2. The summed E-state index contributed by atoms with van der Waals surface area (Å²) in [7, 11) is 0. The van der Waals surface area contributed by atoms with Crippen LogP contribution in [0.1, 0.15) is 83.0 Å². The molecule has 0 heterocycles. The summed E-state index contributed by atoms with van der Waals surface area (Å²) in [5.41, 5.74) is 10.1. The fraction of sp³-hybridized carbons (Fsp3) is 0.629. The molecule has 0 aliphatic heterocycles. The van der Waals surface area contributed by atoms with Gasteiger partial charge < -0.3 is 47.1 Å². The summed E-state index contributed by atoms with van der Waals surface area (Å²) in [6.45, 7) is 7.32. The van der Waals surface area contributed by atoms with Crippen molar-refractivity contribution in [3.63, 3.8) is 0 Å². The van der Waals surface area contributed by atoms with Crippen LogP contribution in [0.2, 0.25) is 0 Å². The second-order valence-corrected chi connectivity index (χ2v) is 13.6. The number of Topliss-reactive ketones (excluding diaryl/α,β-unsaturated/α-hetero) is 2. The molecular formula is C35H56N6O11. The largest absolute Gasteiger partial charge is 0.481 e. The third-order valence-electron chi connectivity index (χ3n) is 8.20. The molecule has 0 saturated heterocycles. The number of nitrogens with one attached hydrogen (secondary N) is 4. The fourth-order valence-corrected chi connectivity index (χ4v) is 4.69. The molecule has 0 fully saturated rings. The number of primary amides is 1. The highest BCUT2D eigenvalue weighted by atomic mass is 16.5. The number of carbonyl (C=O) groups is 7. The smallest absolute Gasteiger partial charge is 0.326 e. The first-order valence-corrected chi connectivity index (χ1v) is 17.2. The van der Waals surface area contributed by atoms with Crippen molar-refractivity contribution in [1.29, 1.82) is 0 Å². The van der Waals surface area contributed by atoms with E-state index in [0.717, 1.165) is 0 Å². The summed E-state index contributed by atoms with van der Waals surface area (Å²) in [6, 6.07) is 4.51. The molecule has 0 aliphatic carbocycles. The molecule has 0 aliphatic rings. The summed E-state index contributed by atoms with van der Waals surface area (Å²) in [4.78, 5) is 84.2. The molecule has 3 amide bonds. The number of nitrogens with two attached hydrogens (primary N) is 2. The zero-order valence-corrected chi connectivity index (χ0v) is 30.6. The maximum Gasteiger partial charge on any atom is 0.326 e. The van der Waals surface area contributed by atoms with Crippen molar-refractivity contribution in [3.8, 4) is 0 Å². The summed E-state index contributed by atoms with van der Waals surface area (Å²) >= 11 is 0. The third-order valence-corrected chi connectivity index (χ3v) is 8.20. The Labute approximate surface area is 304 Å². The Balaban J connectivity index is 2.24. The number of carboxylic acids is 2. The molecule has 1 aromatic carbocycles. The Kier molecular flexibility index (Phi) is 20.3. The molecule has 0 aromatic heterocycles. The minimum Gasteiger partial charge on any atom is -0.481 e. The lowest BCUT2D eigenvalue weighted by atomic mass is 9.86. The van der Waals surface area contributed by atoms with Gasteiger partial charge in [0.25, 0.3) is 5.91 Å². The Hall–Kier alpha value is -4.45. The average Bonchev–Trinajstić information content (AvgIpc) is 3.07. The Bertz CT molecular complexity index is 1350. The molecule has 0 unspecified atom stereocenters. The molecule has 0 bridgehead atoms. The zero-order chi connectivity index (χ0) is 39.3. The Morgan fingerprint density at radius 1 is 0.827 bits per heavy atom. The highest BCUT2D eigenvalue weighted by molar-refractivity contribution is 5.94. The number of hydrogen-bond acceptors (Lipinski definition) is 12. The second-order valence-electron chi connectivity index (χ2n) is 13.6. The van der Waals surface area contributed by atoms with Crippen molar-refractivity contribution in [1.82, 2.24) is 21.3 Å². The topological polar surface area (TPSA) is 279 Å². The molecular weight excluding hydrogens is 680 g/mol. The van der Waals surface area contributed by atoms with E-state index in [1.54, 1.807) is 38.1 Å². The van der Waals surface area contributed by atoms with Gasteiger partial charge in [-0.15, -0.1) is 0 Å². The van der Waals surface area contributed by atoms with Gasteiger partial charge in [0.05, 0.1) is 37.9 Å². The molecule has 2 atom stereocenters. The number of aliphatic carboxylic acids is 2. The van der Waals surface area contributed by atoms with Crippen molar-refractivity contribution < 1.29 is 53.2 Å². The summed E-state index contributed by atoms with van der Waals surface area (Å²) in [5.74, 6) is -4.34. The van der Waals surface area contributed by atoms with Crippen molar-refractivity contribution >= 4 is 46.9 Å². The van der Waals surface area contributed by atoms with Crippen LogP contribution in [0.4, 0.5) is 5.69 Å². The SMILES string of the molecule is CC(C)(CCC(=O)O)C(=O)N[C@@H](CCC(=O)CNCCOCCOCC(=O)C(C)(C)N[C@@H](CCCCNC(=O)c1ccc(N)cc1)C(N)=O)C(=O)O. The average molecular weight is 737 g/mol. The maximum absolute atomic E-state index is 12.8. The number of unbranched alkanes of at least 4 members (excludes halogenated alkanes) is 1. The monoisotopic (exact) mass is 736 g/mol. The van der Waals surface area contributed by atoms with E-state index in [1.165, 1.54) is 13.8 Å². The van der Waals surface area contributed by atoms with Crippen LogP contribution >= 0.6 is 0 Å². The number of anilines is 1. The lowest BCUT2D eigenvalue weighted by Gasteiger charge is -2.29. The molecule has 1 aromatic rings. The molecule has 0 saturated carbocycles.